The van der Waals surface area contributed by atoms with E-state index in [1.807, 2.05) is 12.2 Å². The lowest BCUT2D eigenvalue weighted by atomic mass is 9.79. The molecule has 0 aromatic heterocycles. The van der Waals surface area contributed by atoms with Crippen LogP contribution >= 0.6 is 0 Å². The van der Waals surface area contributed by atoms with E-state index in [9.17, 15) is 4.79 Å². The lowest BCUT2D eigenvalue weighted by molar-refractivity contribution is -0.110. The number of allylic oxidation sites excluding steroid dienone is 4. The van der Waals surface area contributed by atoms with Crippen LogP contribution in [0.5, 0.6) is 0 Å². The van der Waals surface area contributed by atoms with Gasteiger partial charge in [0, 0.05) is 0 Å². The van der Waals surface area contributed by atoms with Crippen molar-refractivity contribution >= 4 is 5.78 Å². The summed E-state index contributed by atoms with van der Waals surface area (Å²) < 4.78 is 0. The minimum atomic E-state index is 0.271. The van der Waals surface area contributed by atoms with Crippen molar-refractivity contribution in [3.8, 4) is 0 Å². The van der Waals surface area contributed by atoms with Crippen LogP contribution in [0.3, 0.4) is 0 Å². The number of carbonyl (C=O) groups is 1. The van der Waals surface area contributed by atoms with Gasteiger partial charge in [-0.1, -0.05) is 77.4 Å². The molecule has 0 saturated heterocycles. The summed E-state index contributed by atoms with van der Waals surface area (Å²) in [6, 6.07) is 0. The minimum Gasteiger partial charge on any atom is -0.290 e. The SMILES string of the molecule is CC(C)CC(=CC(=O)C=C(CC(C)C)C1CCCCC1)C1CCCCC1. The molecule has 148 valence electrons. The molecule has 0 aromatic carbocycles. The van der Waals surface area contributed by atoms with E-state index in [-0.39, 0.29) is 5.78 Å². The highest BCUT2D eigenvalue weighted by molar-refractivity contribution is 6.00. The quantitative estimate of drug-likeness (QED) is 0.407. The first-order valence-corrected chi connectivity index (χ1v) is 11.4. The normalized spacial score (nSPS) is 21.6. The van der Waals surface area contributed by atoms with Crippen LogP contribution < -0.4 is 0 Å². The van der Waals surface area contributed by atoms with Gasteiger partial charge >= 0.3 is 0 Å². The second-order valence-electron chi connectivity index (χ2n) is 9.71. The molecule has 0 radical (unpaired) electrons. The van der Waals surface area contributed by atoms with Gasteiger partial charge in [-0.2, -0.15) is 0 Å². The first-order chi connectivity index (χ1) is 12.5. The number of hydrogen-bond acceptors (Lipinski definition) is 1. The molecule has 0 N–H and O–H groups in total. The molecule has 0 spiro atoms. The molecule has 2 aliphatic carbocycles. The van der Waals surface area contributed by atoms with E-state index < -0.39 is 0 Å². The highest BCUT2D eigenvalue weighted by atomic mass is 16.1. The van der Waals surface area contributed by atoms with E-state index in [0.717, 1.165) is 12.8 Å². The second-order valence-corrected chi connectivity index (χ2v) is 9.71. The number of hydrogen-bond donors (Lipinski definition) is 0. The van der Waals surface area contributed by atoms with Gasteiger partial charge in [-0.25, -0.2) is 0 Å². The Kier molecular flexibility index (Phi) is 9.16. The van der Waals surface area contributed by atoms with Crippen LogP contribution in [0.25, 0.3) is 0 Å². The number of carbonyl (C=O) groups excluding carboxylic acids is 1. The highest BCUT2D eigenvalue weighted by Crippen LogP contribution is 2.35. The van der Waals surface area contributed by atoms with Crippen molar-refractivity contribution in [3.05, 3.63) is 23.3 Å². The van der Waals surface area contributed by atoms with Crippen LogP contribution in [-0.2, 0) is 4.79 Å². The molecule has 26 heavy (non-hydrogen) atoms. The smallest absolute Gasteiger partial charge is 0.178 e. The zero-order valence-electron chi connectivity index (χ0n) is 17.9. The summed E-state index contributed by atoms with van der Waals surface area (Å²) in [4.78, 5) is 13.0. The number of rotatable bonds is 8. The fourth-order valence-electron chi connectivity index (χ4n) is 4.98. The molecular weight excluding hydrogens is 316 g/mol. The van der Waals surface area contributed by atoms with Crippen molar-refractivity contribution in [2.75, 3.05) is 0 Å². The van der Waals surface area contributed by atoms with Crippen molar-refractivity contribution in [3.63, 3.8) is 0 Å². The predicted octanol–water partition coefficient (Wildman–Crippen LogP) is 7.66. The molecule has 1 nitrogen and oxygen atoms in total. The summed E-state index contributed by atoms with van der Waals surface area (Å²) >= 11 is 0. The van der Waals surface area contributed by atoms with Gasteiger partial charge in [0.25, 0.3) is 0 Å². The van der Waals surface area contributed by atoms with Crippen LogP contribution in [-0.4, -0.2) is 5.78 Å². The summed E-state index contributed by atoms with van der Waals surface area (Å²) in [5.74, 6) is 2.85. The van der Waals surface area contributed by atoms with Crippen LogP contribution in [0.15, 0.2) is 23.3 Å². The molecule has 1 heteroatoms. The van der Waals surface area contributed by atoms with Crippen molar-refractivity contribution in [1.29, 1.82) is 0 Å². The van der Waals surface area contributed by atoms with Gasteiger partial charge in [-0.3, -0.25) is 4.79 Å². The molecule has 2 aliphatic rings. The van der Waals surface area contributed by atoms with E-state index in [0.29, 0.717) is 23.7 Å². The van der Waals surface area contributed by atoms with Gasteiger partial charge in [0.1, 0.15) is 0 Å². The van der Waals surface area contributed by atoms with Crippen LogP contribution in [0, 0.1) is 23.7 Å². The summed E-state index contributed by atoms with van der Waals surface area (Å²) in [5.41, 5.74) is 2.88. The average molecular weight is 359 g/mol. The Balaban J connectivity index is 2.16. The minimum absolute atomic E-state index is 0.271. The Morgan fingerprint density at radius 2 is 1.04 bits per heavy atom. The number of ketones is 1. The first kappa shape index (κ1) is 21.5. The van der Waals surface area contributed by atoms with Crippen LogP contribution in [0.1, 0.15) is 105 Å². The molecule has 0 aliphatic heterocycles. The summed E-state index contributed by atoms with van der Waals surface area (Å²) in [5, 5.41) is 0. The molecule has 2 fully saturated rings. The van der Waals surface area contributed by atoms with E-state index >= 15 is 0 Å². The Morgan fingerprint density at radius 3 is 1.35 bits per heavy atom. The van der Waals surface area contributed by atoms with Gasteiger partial charge in [0.05, 0.1) is 0 Å². The van der Waals surface area contributed by atoms with Crippen molar-refractivity contribution in [2.24, 2.45) is 23.7 Å². The summed E-state index contributed by atoms with van der Waals surface area (Å²) in [7, 11) is 0. The third-order valence-corrected chi connectivity index (χ3v) is 6.20. The van der Waals surface area contributed by atoms with E-state index in [4.69, 9.17) is 0 Å². The Hall–Kier alpha value is -0.850. The van der Waals surface area contributed by atoms with Gasteiger partial charge in [0.2, 0.25) is 0 Å². The van der Waals surface area contributed by atoms with Crippen molar-refractivity contribution in [2.45, 2.75) is 105 Å². The molecule has 2 rings (SSSR count). The lowest BCUT2D eigenvalue weighted by Crippen LogP contribution is -2.14. The van der Waals surface area contributed by atoms with Gasteiger partial charge in [-0.05, 0) is 74.3 Å². The Labute approximate surface area is 162 Å². The van der Waals surface area contributed by atoms with Crippen molar-refractivity contribution in [1.82, 2.24) is 0 Å². The van der Waals surface area contributed by atoms with Gasteiger partial charge in [-0.15, -0.1) is 0 Å². The molecule has 0 unspecified atom stereocenters. The van der Waals surface area contributed by atoms with E-state index in [2.05, 4.69) is 27.7 Å². The Bertz CT molecular complexity index is 438. The molecule has 0 atom stereocenters. The highest BCUT2D eigenvalue weighted by Gasteiger charge is 2.21. The third-order valence-electron chi connectivity index (χ3n) is 6.20. The Morgan fingerprint density at radius 1 is 0.692 bits per heavy atom. The fourth-order valence-corrected chi connectivity index (χ4v) is 4.98. The average Bonchev–Trinajstić information content (AvgIpc) is 2.61. The summed E-state index contributed by atoms with van der Waals surface area (Å²) in [6.45, 7) is 9.12. The van der Waals surface area contributed by atoms with Gasteiger partial charge < -0.3 is 0 Å². The zero-order chi connectivity index (χ0) is 18.9. The standard InChI is InChI=1S/C25H42O/c1-19(2)15-23(21-11-7-5-8-12-21)17-25(26)18-24(16-20(3)4)22-13-9-6-10-14-22/h17-22H,5-16H2,1-4H3. The maximum Gasteiger partial charge on any atom is 0.178 e. The maximum absolute atomic E-state index is 13.0. The molecular formula is C25H42O. The molecule has 2 saturated carbocycles. The fraction of sp³-hybridized carbons (Fsp3) is 0.800. The second kappa shape index (κ2) is 11.1. The largest absolute Gasteiger partial charge is 0.290 e. The topological polar surface area (TPSA) is 17.1 Å². The van der Waals surface area contributed by atoms with Crippen molar-refractivity contribution < 1.29 is 4.79 Å². The van der Waals surface area contributed by atoms with E-state index in [1.54, 1.807) is 0 Å². The van der Waals surface area contributed by atoms with Crippen LogP contribution in [0.4, 0.5) is 0 Å². The predicted molar refractivity (Wildman–Crippen MR) is 113 cm³/mol. The van der Waals surface area contributed by atoms with Crippen LogP contribution in [0.2, 0.25) is 0 Å². The lowest BCUT2D eigenvalue weighted by Gasteiger charge is -2.26. The van der Waals surface area contributed by atoms with E-state index in [1.165, 1.54) is 75.4 Å². The molecule has 0 bridgehead atoms. The summed E-state index contributed by atoms with van der Waals surface area (Å²) in [6.07, 6.45) is 19.5. The molecule has 0 heterocycles. The monoisotopic (exact) mass is 358 g/mol. The molecule has 0 amide bonds. The third kappa shape index (κ3) is 7.41. The maximum atomic E-state index is 13.0. The molecule has 0 aromatic rings. The van der Waals surface area contributed by atoms with Gasteiger partial charge in [0.15, 0.2) is 5.78 Å². The first-order valence-electron chi connectivity index (χ1n) is 11.4. The zero-order valence-corrected chi connectivity index (χ0v) is 17.9.